The molecule has 11 aromatic carbocycles. The van der Waals surface area contributed by atoms with Gasteiger partial charge >= 0.3 is 0 Å². The van der Waals surface area contributed by atoms with Gasteiger partial charge in [-0.3, -0.25) is 4.57 Å². The van der Waals surface area contributed by atoms with Crippen LogP contribution >= 0.6 is 0 Å². The number of benzene rings is 11. The molecule has 0 saturated heterocycles. The Morgan fingerprint density at radius 2 is 0.770 bits per heavy atom. The molecule has 0 atom stereocenters. The third-order valence-electron chi connectivity index (χ3n) is 12.7. The second-order valence-corrected chi connectivity index (χ2v) is 16.2. The van der Waals surface area contributed by atoms with Gasteiger partial charge < -0.3 is 0 Å². The Kier molecular flexibility index (Phi) is 7.31. The summed E-state index contributed by atoms with van der Waals surface area (Å²) >= 11 is 0. The standard InChI is InChI=1S/C58H35N3/c1-2-12-36(13-3-1)43-24-28-50-54(34-43)59-58(60-57(50)44-25-27-49-47-20-9-8-18-45(47)46-19-10-11-21-48(46)51(49)33-44)61-55-29-26-42(41-23-22-37-14-4-5-15-38(37)30-41)32-52(55)53-31-39-16-6-7-17-40(39)35-56(53)61/h1-35H. The number of aromatic nitrogens is 3. The van der Waals surface area contributed by atoms with Crippen LogP contribution in [0.3, 0.4) is 0 Å². The molecule has 0 saturated carbocycles. The van der Waals surface area contributed by atoms with E-state index in [0.29, 0.717) is 5.95 Å². The summed E-state index contributed by atoms with van der Waals surface area (Å²) in [5.74, 6) is 0.643. The molecule has 0 amide bonds. The Balaban J connectivity index is 1.10. The molecule has 0 unspecified atom stereocenters. The lowest BCUT2D eigenvalue weighted by Gasteiger charge is -2.15. The fraction of sp³-hybridized carbons (Fsp3) is 0. The molecule has 3 heteroatoms. The maximum absolute atomic E-state index is 5.61. The third kappa shape index (κ3) is 5.31. The highest BCUT2D eigenvalue weighted by molar-refractivity contribution is 6.26. The van der Waals surface area contributed by atoms with Crippen LogP contribution in [-0.4, -0.2) is 14.5 Å². The van der Waals surface area contributed by atoms with Crippen LogP contribution in [-0.2, 0) is 0 Å². The summed E-state index contributed by atoms with van der Waals surface area (Å²) in [6.45, 7) is 0. The highest BCUT2D eigenvalue weighted by atomic mass is 15.2. The summed E-state index contributed by atoms with van der Waals surface area (Å²) in [7, 11) is 0. The van der Waals surface area contributed by atoms with Crippen molar-refractivity contribution >= 4 is 86.6 Å². The summed E-state index contributed by atoms with van der Waals surface area (Å²) in [6, 6.07) is 77.0. The van der Waals surface area contributed by atoms with E-state index in [9.17, 15) is 0 Å². The van der Waals surface area contributed by atoms with E-state index in [0.717, 1.165) is 44.3 Å². The largest absolute Gasteiger partial charge is 0.278 e. The first-order valence-electron chi connectivity index (χ1n) is 20.9. The smallest absolute Gasteiger partial charge is 0.235 e. The van der Waals surface area contributed by atoms with Crippen LogP contribution in [0.2, 0.25) is 0 Å². The van der Waals surface area contributed by atoms with E-state index in [4.69, 9.17) is 9.97 Å². The minimum Gasteiger partial charge on any atom is -0.278 e. The van der Waals surface area contributed by atoms with Gasteiger partial charge in [-0.15, -0.1) is 0 Å². The van der Waals surface area contributed by atoms with E-state index in [-0.39, 0.29) is 0 Å². The lowest BCUT2D eigenvalue weighted by Crippen LogP contribution is -2.03. The Bertz CT molecular complexity index is 3900. The molecule has 282 valence electrons. The summed E-state index contributed by atoms with van der Waals surface area (Å²) in [6.07, 6.45) is 0. The monoisotopic (exact) mass is 773 g/mol. The van der Waals surface area contributed by atoms with Crippen molar-refractivity contribution in [1.29, 1.82) is 0 Å². The van der Waals surface area contributed by atoms with Gasteiger partial charge in [0.15, 0.2) is 0 Å². The maximum atomic E-state index is 5.61. The number of hydrogen-bond donors (Lipinski definition) is 0. The molecule has 0 aliphatic heterocycles. The minimum atomic E-state index is 0.643. The molecule has 13 rings (SSSR count). The summed E-state index contributed by atoms with van der Waals surface area (Å²) in [5, 5.41) is 15.7. The molecule has 2 heterocycles. The first kappa shape index (κ1) is 33.8. The van der Waals surface area contributed by atoms with Crippen LogP contribution in [0.4, 0.5) is 0 Å². The Morgan fingerprint density at radius 3 is 1.52 bits per heavy atom. The van der Waals surface area contributed by atoms with E-state index in [1.165, 1.54) is 75.8 Å². The second-order valence-electron chi connectivity index (χ2n) is 16.2. The molecule has 3 nitrogen and oxygen atoms in total. The van der Waals surface area contributed by atoms with Crippen molar-refractivity contribution < 1.29 is 0 Å². The van der Waals surface area contributed by atoms with Gasteiger partial charge in [0, 0.05) is 21.7 Å². The topological polar surface area (TPSA) is 30.7 Å². The van der Waals surface area contributed by atoms with Crippen molar-refractivity contribution in [2.24, 2.45) is 0 Å². The molecule has 0 radical (unpaired) electrons. The summed E-state index contributed by atoms with van der Waals surface area (Å²) in [4.78, 5) is 11.1. The average Bonchev–Trinajstić information content (AvgIpc) is 3.65. The zero-order valence-corrected chi connectivity index (χ0v) is 33.0. The predicted molar refractivity (Wildman–Crippen MR) is 258 cm³/mol. The molecule has 0 aliphatic carbocycles. The van der Waals surface area contributed by atoms with Crippen LogP contribution in [0.5, 0.6) is 0 Å². The van der Waals surface area contributed by atoms with E-state index in [1.54, 1.807) is 0 Å². The van der Waals surface area contributed by atoms with Crippen molar-refractivity contribution in [1.82, 2.24) is 14.5 Å². The van der Waals surface area contributed by atoms with Gasteiger partial charge in [-0.05, 0) is 125 Å². The van der Waals surface area contributed by atoms with Crippen LogP contribution in [0.15, 0.2) is 212 Å². The fourth-order valence-corrected chi connectivity index (χ4v) is 9.77. The first-order chi connectivity index (χ1) is 30.2. The van der Waals surface area contributed by atoms with Gasteiger partial charge in [-0.1, -0.05) is 164 Å². The summed E-state index contributed by atoms with van der Waals surface area (Å²) in [5.41, 5.74) is 9.63. The number of fused-ring (bicyclic) bond motifs is 12. The lowest BCUT2D eigenvalue weighted by molar-refractivity contribution is 1.01. The Morgan fingerprint density at radius 1 is 0.262 bits per heavy atom. The number of rotatable bonds is 4. The van der Waals surface area contributed by atoms with Crippen LogP contribution in [0, 0.1) is 0 Å². The van der Waals surface area contributed by atoms with Crippen molar-refractivity contribution in [2.75, 3.05) is 0 Å². The van der Waals surface area contributed by atoms with Crippen molar-refractivity contribution in [3.05, 3.63) is 212 Å². The van der Waals surface area contributed by atoms with E-state index >= 15 is 0 Å². The van der Waals surface area contributed by atoms with Crippen molar-refractivity contribution in [2.45, 2.75) is 0 Å². The van der Waals surface area contributed by atoms with Gasteiger partial charge in [-0.25, -0.2) is 9.97 Å². The normalized spacial score (nSPS) is 11.9. The third-order valence-corrected chi connectivity index (χ3v) is 12.7. The molecule has 2 aromatic heterocycles. The molecule has 0 aliphatic rings. The molecule has 61 heavy (non-hydrogen) atoms. The number of nitrogens with zero attached hydrogens (tertiary/aromatic N) is 3. The molecule has 13 aromatic rings. The zero-order valence-electron chi connectivity index (χ0n) is 33.0. The molecule has 0 fully saturated rings. The Labute approximate surface area is 351 Å². The second kappa shape index (κ2) is 13.2. The maximum Gasteiger partial charge on any atom is 0.235 e. The molecular weight excluding hydrogens is 739 g/mol. The van der Waals surface area contributed by atoms with Crippen LogP contribution in [0.1, 0.15) is 0 Å². The van der Waals surface area contributed by atoms with Gasteiger partial charge in [0.2, 0.25) is 5.95 Å². The average molecular weight is 774 g/mol. The van der Waals surface area contributed by atoms with Gasteiger partial charge in [-0.2, -0.15) is 0 Å². The van der Waals surface area contributed by atoms with Crippen molar-refractivity contribution in [3.8, 4) is 39.5 Å². The van der Waals surface area contributed by atoms with Crippen LogP contribution in [0.25, 0.3) is 126 Å². The Hall–Kier alpha value is -8.14. The quantitative estimate of drug-likeness (QED) is 0.167. The summed E-state index contributed by atoms with van der Waals surface area (Å²) < 4.78 is 2.28. The fourth-order valence-electron chi connectivity index (χ4n) is 9.77. The van der Waals surface area contributed by atoms with Gasteiger partial charge in [0.1, 0.15) is 0 Å². The van der Waals surface area contributed by atoms with Gasteiger partial charge in [0.05, 0.1) is 22.2 Å². The molecule has 0 bridgehead atoms. The van der Waals surface area contributed by atoms with E-state index in [2.05, 4.69) is 217 Å². The first-order valence-corrected chi connectivity index (χ1v) is 20.9. The SMILES string of the molecule is c1ccc(-c2ccc3c(-c4ccc5c6ccccc6c6ccccc6c5c4)nc(-n4c5ccc(-c6ccc7ccccc7c6)cc5c5cc6ccccc6cc54)nc3c2)cc1. The highest BCUT2D eigenvalue weighted by Gasteiger charge is 2.20. The highest BCUT2D eigenvalue weighted by Crippen LogP contribution is 2.41. The van der Waals surface area contributed by atoms with Crippen LogP contribution < -0.4 is 0 Å². The lowest BCUT2D eigenvalue weighted by atomic mass is 9.92. The van der Waals surface area contributed by atoms with E-state index in [1.807, 2.05) is 0 Å². The predicted octanol–water partition coefficient (Wildman–Crippen LogP) is 15.5. The number of hydrogen-bond acceptors (Lipinski definition) is 2. The molecule has 0 N–H and O–H groups in total. The minimum absolute atomic E-state index is 0.643. The molecular formula is C58H35N3. The molecule has 0 spiro atoms. The zero-order chi connectivity index (χ0) is 40.0. The van der Waals surface area contributed by atoms with Gasteiger partial charge in [0.25, 0.3) is 0 Å². The van der Waals surface area contributed by atoms with Crippen molar-refractivity contribution in [3.63, 3.8) is 0 Å². The van der Waals surface area contributed by atoms with E-state index < -0.39 is 0 Å².